The summed E-state index contributed by atoms with van der Waals surface area (Å²) in [6.45, 7) is 5.04. The van der Waals surface area contributed by atoms with Crippen molar-refractivity contribution < 1.29 is 5.11 Å². The van der Waals surface area contributed by atoms with Crippen LogP contribution in [0.5, 0.6) is 0 Å². The monoisotopic (exact) mass is 283 g/mol. The van der Waals surface area contributed by atoms with E-state index in [2.05, 4.69) is 48.6 Å². The molecule has 2 heteroatoms. The zero-order valence-electron chi connectivity index (χ0n) is 12.9. The van der Waals surface area contributed by atoms with Gasteiger partial charge in [0.15, 0.2) is 0 Å². The van der Waals surface area contributed by atoms with Gasteiger partial charge in [-0.25, -0.2) is 0 Å². The SMILES string of the molecule is CCc1ccc(C(O)C(C)NCCc2ccccc2)cc1. The third-order valence-electron chi connectivity index (χ3n) is 3.93. The molecule has 0 fully saturated rings. The average molecular weight is 283 g/mol. The molecule has 2 unspecified atom stereocenters. The van der Waals surface area contributed by atoms with Crippen molar-refractivity contribution in [3.8, 4) is 0 Å². The van der Waals surface area contributed by atoms with Gasteiger partial charge in [0.2, 0.25) is 0 Å². The van der Waals surface area contributed by atoms with Crippen LogP contribution in [-0.4, -0.2) is 17.7 Å². The molecule has 0 aliphatic rings. The predicted molar refractivity (Wildman–Crippen MR) is 88.4 cm³/mol. The van der Waals surface area contributed by atoms with Crippen LogP contribution in [0.4, 0.5) is 0 Å². The lowest BCUT2D eigenvalue weighted by Gasteiger charge is -2.21. The Labute approximate surface area is 127 Å². The smallest absolute Gasteiger partial charge is 0.0940 e. The van der Waals surface area contributed by atoms with Crippen LogP contribution in [0.2, 0.25) is 0 Å². The first-order valence-corrected chi connectivity index (χ1v) is 7.75. The average Bonchev–Trinajstić information content (AvgIpc) is 2.55. The van der Waals surface area contributed by atoms with Crippen LogP contribution >= 0.6 is 0 Å². The maximum Gasteiger partial charge on any atom is 0.0940 e. The summed E-state index contributed by atoms with van der Waals surface area (Å²) in [5.74, 6) is 0. The molecule has 0 aliphatic heterocycles. The highest BCUT2D eigenvalue weighted by atomic mass is 16.3. The summed E-state index contributed by atoms with van der Waals surface area (Å²) in [4.78, 5) is 0. The van der Waals surface area contributed by atoms with Crippen LogP contribution in [-0.2, 0) is 12.8 Å². The zero-order chi connectivity index (χ0) is 15.1. The Kier molecular flexibility index (Phi) is 5.97. The number of benzene rings is 2. The first-order chi connectivity index (χ1) is 10.2. The van der Waals surface area contributed by atoms with Gasteiger partial charge in [-0.1, -0.05) is 61.5 Å². The van der Waals surface area contributed by atoms with Gasteiger partial charge in [0, 0.05) is 6.04 Å². The minimum atomic E-state index is -0.466. The summed E-state index contributed by atoms with van der Waals surface area (Å²) in [5.41, 5.74) is 3.60. The van der Waals surface area contributed by atoms with Crippen molar-refractivity contribution in [2.75, 3.05) is 6.54 Å². The first kappa shape index (κ1) is 15.7. The van der Waals surface area contributed by atoms with E-state index in [-0.39, 0.29) is 6.04 Å². The van der Waals surface area contributed by atoms with Crippen molar-refractivity contribution in [3.05, 3.63) is 71.3 Å². The Bertz CT molecular complexity index is 521. The summed E-state index contributed by atoms with van der Waals surface area (Å²) in [6, 6.07) is 18.7. The molecular weight excluding hydrogens is 258 g/mol. The molecule has 0 bridgehead atoms. The lowest BCUT2D eigenvalue weighted by molar-refractivity contribution is 0.136. The minimum absolute atomic E-state index is 0.0428. The molecule has 2 aromatic carbocycles. The van der Waals surface area contributed by atoms with Gasteiger partial charge in [-0.3, -0.25) is 0 Å². The van der Waals surface area contributed by atoms with Gasteiger partial charge in [-0.05, 0) is 43.0 Å². The fourth-order valence-electron chi connectivity index (χ4n) is 2.44. The molecule has 0 radical (unpaired) electrons. The van der Waals surface area contributed by atoms with Crippen molar-refractivity contribution in [1.29, 1.82) is 0 Å². The third-order valence-corrected chi connectivity index (χ3v) is 3.93. The second kappa shape index (κ2) is 7.96. The van der Waals surface area contributed by atoms with E-state index in [1.807, 2.05) is 25.1 Å². The highest BCUT2D eigenvalue weighted by molar-refractivity contribution is 5.25. The normalized spacial score (nSPS) is 13.9. The standard InChI is InChI=1S/C19H25NO/c1-3-16-9-11-18(12-10-16)19(21)15(2)20-14-13-17-7-5-4-6-8-17/h4-12,15,19-21H,3,13-14H2,1-2H3. The molecule has 21 heavy (non-hydrogen) atoms. The number of nitrogens with one attached hydrogen (secondary N) is 1. The Balaban J connectivity index is 1.82. The first-order valence-electron chi connectivity index (χ1n) is 7.75. The van der Waals surface area contributed by atoms with Crippen molar-refractivity contribution in [2.45, 2.75) is 38.8 Å². The van der Waals surface area contributed by atoms with E-state index in [1.165, 1.54) is 11.1 Å². The maximum atomic E-state index is 10.4. The lowest BCUT2D eigenvalue weighted by Crippen LogP contribution is -2.33. The highest BCUT2D eigenvalue weighted by Gasteiger charge is 2.15. The van der Waals surface area contributed by atoms with E-state index in [4.69, 9.17) is 0 Å². The summed E-state index contributed by atoms with van der Waals surface area (Å²) >= 11 is 0. The number of aryl methyl sites for hydroxylation is 1. The number of aliphatic hydroxyl groups excluding tert-OH is 1. The molecule has 0 saturated carbocycles. The van der Waals surface area contributed by atoms with Crippen LogP contribution in [0.15, 0.2) is 54.6 Å². The molecule has 112 valence electrons. The van der Waals surface area contributed by atoms with E-state index in [1.54, 1.807) is 0 Å². The Morgan fingerprint density at radius 1 is 0.952 bits per heavy atom. The van der Waals surface area contributed by atoms with Crippen LogP contribution in [0.1, 0.15) is 36.6 Å². The van der Waals surface area contributed by atoms with Crippen molar-refractivity contribution in [2.24, 2.45) is 0 Å². The number of hydrogen-bond donors (Lipinski definition) is 2. The van der Waals surface area contributed by atoms with Gasteiger partial charge in [0.1, 0.15) is 0 Å². The Morgan fingerprint density at radius 3 is 2.24 bits per heavy atom. The Hall–Kier alpha value is -1.64. The second-order valence-electron chi connectivity index (χ2n) is 5.52. The largest absolute Gasteiger partial charge is 0.387 e. The fourth-order valence-corrected chi connectivity index (χ4v) is 2.44. The molecule has 0 aliphatic carbocycles. The van der Waals surface area contributed by atoms with Gasteiger partial charge in [0.05, 0.1) is 6.10 Å². The molecule has 0 aromatic heterocycles. The van der Waals surface area contributed by atoms with Gasteiger partial charge in [0.25, 0.3) is 0 Å². The molecule has 0 spiro atoms. The number of aliphatic hydroxyl groups is 1. The summed E-state index contributed by atoms with van der Waals surface area (Å²) < 4.78 is 0. The fraction of sp³-hybridized carbons (Fsp3) is 0.368. The topological polar surface area (TPSA) is 32.3 Å². The van der Waals surface area contributed by atoms with Crippen LogP contribution in [0, 0.1) is 0 Å². The summed E-state index contributed by atoms with van der Waals surface area (Å²) in [5, 5.41) is 13.8. The maximum absolute atomic E-state index is 10.4. The predicted octanol–water partition coefficient (Wildman–Crippen LogP) is 3.50. The van der Waals surface area contributed by atoms with Crippen molar-refractivity contribution in [3.63, 3.8) is 0 Å². The molecule has 2 N–H and O–H groups in total. The van der Waals surface area contributed by atoms with E-state index in [0.29, 0.717) is 0 Å². The lowest BCUT2D eigenvalue weighted by atomic mass is 10.0. The van der Waals surface area contributed by atoms with Crippen LogP contribution in [0.3, 0.4) is 0 Å². The summed E-state index contributed by atoms with van der Waals surface area (Å²) in [6.07, 6.45) is 1.54. The minimum Gasteiger partial charge on any atom is -0.387 e. The second-order valence-corrected chi connectivity index (χ2v) is 5.52. The molecule has 2 nitrogen and oxygen atoms in total. The van der Waals surface area contributed by atoms with Crippen molar-refractivity contribution >= 4 is 0 Å². The molecule has 0 saturated heterocycles. The summed E-state index contributed by atoms with van der Waals surface area (Å²) in [7, 11) is 0. The van der Waals surface area contributed by atoms with Gasteiger partial charge < -0.3 is 10.4 Å². The van der Waals surface area contributed by atoms with E-state index >= 15 is 0 Å². The van der Waals surface area contributed by atoms with E-state index in [0.717, 1.165) is 24.9 Å². The van der Waals surface area contributed by atoms with Crippen LogP contribution in [0.25, 0.3) is 0 Å². The van der Waals surface area contributed by atoms with Gasteiger partial charge in [-0.15, -0.1) is 0 Å². The van der Waals surface area contributed by atoms with Gasteiger partial charge >= 0.3 is 0 Å². The molecule has 2 aromatic rings. The highest BCUT2D eigenvalue weighted by Crippen LogP contribution is 2.17. The molecular formula is C19H25NO. The van der Waals surface area contributed by atoms with E-state index in [9.17, 15) is 5.11 Å². The van der Waals surface area contributed by atoms with E-state index < -0.39 is 6.10 Å². The Morgan fingerprint density at radius 2 is 1.62 bits per heavy atom. The zero-order valence-corrected chi connectivity index (χ0v) is 12.9. The number of rotatable bonds is 7. The van der Waals surface area contributed by atoms with Crippen molar-refractivity contribution in [1.82, 2.24) is 5.32 Å². The quantitative estimate of drug-likeness (QED) is 0.815. The third kappa shape index (κ3) is 4.69. The molecule has 2 atom stereocenters. The molecule has 0 amide bonds. The van der Waals surface area contributed by atoms with Crippen LogP contribution < -0.4 is 5.32 Å². The molecule has 0 heterocycles. The molecule has 2 rings (SSSR count). The number of hydrogen-bond acceptors (Lipinski definition) is 2. The van der Waals surface area contributed by atoms with Gasteiger partial charge in [-0.2, -0.15) is 0 Å².